The van der Waals surface area contributed by atoms with E-state index < -0.39 is 12.5 Å². The normalized spacial score (nSPS) is 21.4. The Hall–Kier alpha value is -3.23. The van der Waals surface area contributed by atoms with Gasteiger partial charge < -0.3 is 14.7 Å². The van der Waals surface area contributed by atoms with Crippen LogP contribution in [0.1, 0.15) is 18.1 Å². The molecule has 5 rings (SSSR count). The Morgan fingerprint density at radius 1 is 0.724 bits per heavy atom. The van der Waals surface area contributed by atoms with Crippen LogP contribution in [0.3, 0.4) is 0 Å². The van der Waals surface area contributed by atoms with Crippen molar-refractivity contribution >= 4 is 24.2 Å². The minimum absolute atomic E-state index is 0.0430. The molecular formula is C24H19O4P. The lowest BCUT2D eigenvalue weighted by atomic mass is 10.0. The summed E-state index contributed by atoms with van der Waals surface area (Å²) in [6, 6.07) is 21.9. The number of fused-ring (bicyclic) bond motifs is 4. The summed E-state index contributed by atoms with van der Waals surface area (Å²) in [6.45, 7) is 1.72. The van der Waals surface area contributed by atoms with Gasteiger partial charge in [-0.05, 0) is 36.8 Å². The maximum absolute atomic E-state index is 14.6. The first-order valence-corrected chi connectivity index (χ1v) is 11.0. The van der Waals surface area contributed by atoms with Gasteiger partial charge in [0.15, 0.2) is 0 Å². The van der Waals surface area contributed by atoms with E-state index in [9.17, 15) is 14.8 Å². The van der Waals surface area contributed by atoms with E-state index in [-0.39, 0.29) is 11.5 Å². The van der Waals surface area contributed by atoms with Gasteiger partial charge in [0.25, 0.3) is 7.37 Å². The zero-order chi connectivity index (χ0) is 20.2. The van der Waals surface area contributed by atoms with Crippen molar-refractivity contribution in [1.82, 2.24) is 0 Å². The molecule has 1 atom stereocenters. The van der Waals surface area contributed by atoms with Crippen LogP contribution >= 0.6 is 7.37 Å². The second kappa shape index (κ2) is 6.13. The van der Waals surface area contributed by atoms with Gasteiger partial charge in [0.05, 0.1) is 5.30 Å². The lowest BCUT2D eigenvalue weighted by Gasteiger charge is -2.37. The van der Waals surface area contributed by atoms with Crippen LogP contribution in [0.5, 0.6) is 5.75 Å². The number of allylic oxidation sites excluding steroid dienone is 2. The SMILES string of the molecule is CC1(P2(=O)Oc3ccccc3-c3ccccc32)C=C(O)c2ccccc2C(O)=C1. The van der Waals surface area contributed by atoms with E-state index in [0.717, 1.165) is 11.1 Å². The fourth-order valence-electron chi connectivity index (χ4n) is 4.12. The number of para-hydroxylation sites is 1. The van der Waals surface area contributed by atoms with Gasteiger partial charge in [0.2, 0.25) is 0 Å². The van der Waals surface area contributed by atoms with Gasteiger partial charge in [-0.3, -0.25) is 4.57 Å². The summed E-state index contributed by atoms with van der Waals surface area (Å²) in [4.78, 5) is 0. The van der Waals surface area contributed by atoms with Crippen molar-refractivity contribution < 1.29 is 19.3 Å². The molecule has 1 aliphatic carbocycles. The summed E-state index contributed by atoms with van der Waals surface area (Å²) in [5.74, 6) is 0.440. The van der Waals surface area contributed by atoms with Crippen molar-refractivity contribution in [2.45, 2.75) is 12.1 Å². The Morgan fingerprint density at radius 3 is 1.83 bits per heavy atom. The summed E-state index contributed by atoms with van der Waals surface area (Å²) in [5.41, 5.74) is 2.68. The number of hydrogen-bond donors (Lipinski definition) is 2. The molecule has 2 N–H and O–H groups in total. The molecule has 5 heteroatoms. The van der Waals surface area contributed by atoms with E-state index in [2.05, 4.69) is 0 Å². The summed E-state index contributed by atoms with van der Waals surface area (Å²) in [6.07, 6.45) is 3.06. The number of aliphatic hydroxyl groups is 2. The Balaban J connectivity index is 1.79. The fourth-order valence-corrected chi connectivity index (χ4v) is 6.75. The van der Waals surface area contributed by atoms with Crippen LogP contribution < -0.4 is 9.83 Å². The molecule has 29 heavy (non-hydrogen) atoms. The number of rotatable bonds is 1. The molecule has 0 saturated carbocycles. The van der Waals surface area contributed by atoms with Gasteiger partial charge in [0, 0.05) is 16.7 Å². The predicted molar refractivity (Wildman–Crippen MR) is 116 cm³/mol. The van der Waals surface area contributed by atoms with Gasteiger partial charge >= 0.3 is 0 Å². The lowest BCUT2D eigenvalue weighted by molar-refractivity contribution is 0.469. The standard InChI is InChI=1S/C24H19O4P/c1-24(14-20(25)16-8-2-3-9-17(16)21(26)15-24)29(27)23-13-7-5-11-19(23)18-10-4-6-12-22(18)28-29/h2-15,25-26H,1H3. The number of hydrogen-bond acceptors (Lipinski definition) is 4. The average Bonchev–Trinajstić information content (AvgIpc) is 2.83. The third kappa shape index (κ3) is 2.49. The first-order chi connectivity index (χ1) is 13.9. The molecule has 1 aliphatic heterocycles. The van der Waals surface area contributed by atoms with E-state index in [4.69, 9.17) is 4.52 Å². The molecule has 0 spiro atoms. The molecule has 1 unspecified atom stereocenters. The van der Waals surface area contributed by atoms with Crippen molar-refractivity contribution in [3.8, 4) is 16.9 Å². The van der Waals surface area contributed by atoms with Crippen molar-refractivity contribution in [3.05, 3.63) is 96.1 Å². The van der Waals surface area contributed by atoms with E-state index in [0.29, 0.717) is 22.2 Å². The van der Waals surface area contributed by atoms with Crippen molar-refractivity contribution in [2.75, 3.05) is 0 Å². The Labute approximate surface area is 168 Å². The highest BCUT2D eigenvalue weighted by molar-refractivity contribution is 7.69. The van der Waals surface area contributed by atoms with Crippen LogP contribution in [-0.4, -0.2) is 15.4 Å². The van der Waals surface area contributed by atoms with E-state index in [1.807, 2.05) is 36.4 Å². The van der Waals surface area contributed by atoms with Gasteiger partial charge in [-0.1, -0.05) is 60.7 Å². The van der Waals surface area contributed by atoms with Gasteiger partial charge in [0.1, 0.15) is 22.4 Å². The van der Waals surface area contributed by atoms with Crippen molar-refractivity contribution in [3.63, 3.8) is 0 Å². The highest BCUT2D eigenvalue weighted by atomic mass is 31.2. The second-order valence-electron chi connectivity index (χ2n) is 7.49. The van der Waals surface area contributed by atoms with E-state index in [1.54, 1.807) is 43.3 Å². The maximum Gasteiger partial charge on any atom is 0.291 e. The molecule has 2 aliphatic rings. The van der Waals surface area contributed by atoms with Gasteiger partial charge in [-0.15, -0.1) is 0 Å². The molecule has 0 bridgehead atoms. The minimum atomic E-state index is -3.63. The van der Waals surface area contributed by atoms with Crippen LogP contribution in [0.15, 0.2) is 84.9 Å². The Morgan fingerprint density at radius 2 is 1.21 bits per heavy atom. The first-order valence-electron chi connectivity index (χ1n) is 9.35. The van der Waals surface area contributed by atoms with Crippen molar-refractivity contribution in [1.29, 1.82) is 0 Å². The minimum Gasteiger partial charge on any atom is -0.508 e. The molecule has 0 amide bonds. The quantitative estimate of drug-likeness (QED) is 0.496. The monoisotopic (exact) mass is 402 g/mol. The number of aliphatic hydroxyl groups excluding tert-OH is 2. The van der Waals surface area contributed by atoms with E-state index in [1.165, 1.54) is 12.2 Å². The fraction of sp³-hybridized carbons (Fsp3) is 0.0833. The zero-order valence-electron chi connectivity index (χ0n) is 15.7. The molecule has 3 aromatic carbocycles. The molecule has 144 valence electrons. The van der Waals surface area contributed by atoms with E-state index >= 15 is 0 Å². The predicted octanol–water partition coefficient (Wildman–Crippen LogP) is 5.92. The molecule has 4 nitrogen and oxygen atoms in total. The molecule has 0 aromatic heterocycles. The molecule has 1 heterocycles. The van der Waals surface area contributed by atoms with Crippen LogP contribution in [0.2, 0.25) is 0 Å². The Kier molecular flexibility index (Phi) is 3.77. The molecule has 0 saturated heterocycles. The third-order valence-electron chi connectivity index (χ3n) is 5.60. The molecule has 3 aromatic rings. The van der Waals surface area contributed by atoms with Crippen LogP contribution in [-0.2, 0) is 4.57 Å². The molecule has 0 fully saturated rings. The largest absolute Gasteiger partial charge is 0.508 e. The van der Waals surface area contributed by atoms with Crippen LogP contribution in [0, 0.1) is 0 Å². The van der Waals surface area contributed by atoms with Crippen LogP contribution in [0.4, 0.5) is 0 Å². The maximum atomic E-state index is 14.6. The highest BCUT2D eigenvalue weighted by Gasteiger charge is 2.50. The van der Waals surface area contributed by atoms with Gasteiger partial charge in [-0.2, -0.15) is 0 Å². The topological polar surface area (TPSA) is 66.8 Å². The summed E-state index contributed by atoms with van der Waals surface area (Å²) in [5, 5.41) is 21.0. The third-order valence-corrected chi connectivity index (χ3v) is 8.60. The molecule has 0 radical (unpaired) electrons. The average molecular weight is 402 g/mol. The zero-order valence-corrected chi connectivity index (χ0v) is 16.6. The van der Waals surface area contributed by atoms with Gasteiger partial charge in [-0.25, -0.2) is 0 Å². The van der Waals surface area contributed by atoms with Crippen molar-refractivity contribution in [2.24, 2.45) is 0 Å². The number of benzene rings is 3. The lowest BCUT2D eigenvalue weighted by Crippen LogP contribution is -2.32. The molecular weight excluding hydrogens is 383 g/mol. The van der Waals surface area contributed by atoms with Crippen LogP contribution in [0.25, 0.3) is 22.6 Å². The smallest absolute Gasteiger partial charge is 0.291 e. The summed E-state index contributed by atoms with van der Waals surface area (Å²) < 4.78 is 20.7. The summed E-state index contributed by atoms with van der Waals surface area (Å²) >= 11 is 0. The summed E-state index contributed by atoms with van der Waals surface area (Å²) in [7, 11) is -3.63. The highest BCUT2D eigenvalue weighted by Crippen LogP contribution is 2.64. The second-order valence-corrected chi connectivity index (χ2v) is 10.2. The first kappa shape index (κ1) is 17.8. The Bertz CT molecular complexity index is 1220.